The van der Waals surface area contributed by atoms with E-state index in [4.69, 9.17) is 0 Å². The van der Waals surface area contributed by atoms with Gasteiger partial charge < -0.3 is 15.3 Å². The maximum absolute atomic E-state index is 9.65. The Bertz CT molecular complexity index is 188. The highest BCUT2D eigenvalue weighted by Gasteiger charge is 2.32. The van der Waals surface area contributed by atoms with Crippen LogP contribution in [0.15, 0.2) is 0 Å². The van der Waals surface area contributed by atoms with Crippen LogP contribution in [0.25, 0.3) is 0 Å². The quantitative estimate of drug-likeness (QED) is 0.696. The second-order valence-electron chi connectivity index (χ2n) is 5.46. The zero-order valence-electron chi connectivity index (χ0n) is 9.29. The summed E-state index contributed by atoms with van der Waals surface area (Å²) >= 11 is 0. The molecule has 0 amide bonds. The van der Waals surface area contributed by atoms with Gasteiger partial charge in [-0.1, -0.05) is 0 Å². The Balaban J connectivity index is 1.77. The summed E-state index contributed by atoms with van der Waals surface area (Å²) in [6, 6.07) is 1.44. The van der Waals surface area contributed by atoms with E-state index in [0.29, 0.717) is 0 Å². The van der Waals surface area contributed by atoms with E-state index in [-0.39, 0.29) is 0 Å². The van der Waals surface area contributed by atoms with Gasteiger partial charge in [0.05, 0.1) is 5.60 Å². The van der Waals surface area contributed by atoms with Crippen LogP contribution in [-0.4, -0.2) is 47.3 Å². The number of nitrogens with one attached hydrogen (secondary N) is 1. The highest BCUT2D eigenvalue weighted by atomic mass is 16.3. The van der Waals surface area contributed by atoms with E-state index in [0.717, 1.165) is 25.0 Å². The third-order valence-corrected chi connectivity index (χ3v) is 3.33. The van der Waals surface area contributed by atoms with Crippen LogP contribution >= 0.6 is 0 Å². The first-order valence-corrected chi connectivity index (χ1v) is 5.74. The molecule has 82 valence electrons. The summed E-state index contributed by atoms with van der Waals surface area (Å²) in [4.78, 5) is 2.50. The molecule has 3 heteroatoms. The van der Waals surface area contributed by atoms with Crippen LogP contribution in [0.2, 0.25) is 0 Å². The van der Waals surface area contributed by atoms with Gasteiger partial charge in [-0.2, -0.15) is 0 Å². The van der Waals surface area contributed by atoms with Crippen LogP contribution in [0.5, 0.6) is 0 Å². The molecular formula is C11H22N2O. The van der Waals surface area contributed by atoms with E-state index in [9.17, 15) is 5.11 Å². The topological polar surface area (TPSA) is 35.5 Å². The molecule has 0 aromatic carbocycles. The first-order chi connectivity index (χ1) is 6.53. The van der Waals surface area contributed by atoms with Crippen molar-refractivity contribution >= 4 is 0 Å². The lowest BCUT2D eigenvalue weighted by molar-refractivity contribution is 0.0527. The molecule has 2 aliphatic rings. The zero-order chi connectivity index (χ0) is 10.2. The second kappa shape index (κ2) is 3.80. The lowest BCUT2D eigenvalue weighted by atomic mass is 10.0. The Morgan fingerprint density at radius 3 is 2.36 bits per heavy atom. The third-order valence-electron chi connectivity index (χ3n) is 3.33. The lowest BCUT2D eigenvalue weighted by Gasteiger charge is -2.34. The Labute approximate surface area is 86.5 Å². The Hall–Kier alpha value is -0.120. The van der Waals surface area contributed by atoms with E-state index in [2.05, 4.69) is 10.2 Å². The summed E-state index contributed by atoms with van der Waals surface area (Å²) < 4.78 is 0. The molecule has 2 N–H and O–H groups in total. The van der Waals surface area contributed by atoms with Gasteiger partial charge in [0.2, 0.25) is 0 Å². The second-order valence-corrected chi connectivity index (χ2v) is 5.46. The number of piperazine rings is 1. The van der Waals surface area contributed by atoms with Gasteiger partial charge in [-0.25, -0.2) is 0 Å². The molecule has 0 aromatic heterocycles. The van der Waals surface area contributed by atoms with E-state index in [1.807, 2.05) is 13.8 Å². The van der Waals surface area contributed by atoms with Gasteiger partial charge in [0, 0.05) is 31.7 Å². The molecule has 2 atom stereocenters. The first kappa shape index (κ1) is 10.4. The smallest absolute Gasteiger partial charge is 0.0603 e. The van der Waals surface area contributed by atoms with E-state index >= 15 is 0 Å². The molecule has 14 heavy (non-hydrogen) atoms. The fourth-order valence-corrected chi connectivity index (χ4v) is 2.50. The molecule has 2 bridgehead atoms. The average molecular weight is 198 g/mol. The van der Waals surface area contributed by atoms with Crippen LogP contribution in [0, 0.1) is 0 Å². The number of nitrogens with zero attached hydrogens (tertiary/aromatic N) is 1. The summed E-state index contributed by atoms with van der Waals surface area (Å²) in [5.74, 6) is 0. The van der Waals surface area contributed by atoms with Crippen molar-refractivity contribution in [3.05, 3.63) is 0 Å². The molecular weight excluding hydrogens is 176 g/mol. The fourth-order valence-electron chi connectivity index (χ4n) is 2.50. The van der Waals surface area contributed by atoms with Crippen LogP contribution in [-0.2, 0) is 0 Å². The van der Waals surface area contributed by atoms with Crippen molar-refractivity contribution in [2.24, 2.45) is 0 Å². The molecule has 0 spiro atoms. The fraction of sp³-hybridized carbons (Fsp3) is 1.00. The number of fused-ring (bicyclic) bond motifs is 2. The largest absolute Gasteiger partial charge is 0.390 e. The normalized spacial score (nSPS) is 33.6. The highest BCUT2D eigenvalue weighted by Crippen LogP contribution is 2.21. The molecule has 2 aliphatic heterocycles. The van der Waals surface area contributed by atoms with E-state index in [1.54, 1.807) is 0 Å². The van der Waals surface area contributed by atoms with Crippen LogP contribution in [0.4, 0.5) is 0 Å². The minimum atomic E-state index is -0.510. The number of hydrogen-bond acceptors (Lipinski definition) is 3. The number of aliphatic hydroxyl groups is 1. The molecule has 0 aromatic rings. The molecule has 0 radical (unpaired) electrons. The van der Waals surface area contributed by atoms with Crippen molar-refractivity contribution in [2.75, 3.05) is 19.6 Å². The molecule has 2 heterocycles. The first-order valence-electron chi connectivity index (χ1n) is 5.74. The van der Waals surface area contributed by atoms with Crippen molar-refractivity contribution < 1.29 is 5.11 Å². The predicted octanol–water partition coefficient (Wildman–Crippen LogP) is 0.584. The minimum Gasteiger partial charge on any atom is -0.390 e. The Morgan fingerprint density at radius 1 is 1.29 bits per heavy atom. The number of likely N-dealkylation sites (tertiary alicyclic amines) is 1. The molecule has 2 fully saturated rings. The van der Waals surface area contributed by atoms with Crippen LogP contribution in [0.1, 0.15) is 33.1 Å². The SMILES string of the molecule is CC(C)(O)CCN1CC2CCC(C1)N2. The average Bonchev–Trinajstić information content (AvgIpc) is 2.41. The molecule has 2 rings (SSSR count). The Kier molecular flexibility index (Phi) is 2.82. The van der Waals surface area contributed by atoms with Crippen molar-refractivity contribution in [1.82, 2.24) is 10.2 Å². The van der Waals surface area contributed by atoms with Crippen molar-refractivity contribution in [1.29, 1.82) is 0 Å². The highest BCUT2D eigenvalue weighted by molar-refractivity contribution is 4.92. The zero-order valence-corrected chi connectivity index (χ0v) is 9.29. The molecule has 0 aliphatic carbocycles. The predicted molar refractivity (Wildman–Crippen MR) is 57.3 cm³/mol. The molecule has 3 nitrogen and oxygen atoms in total. The van der Waals surface area contributed by atoms with Crippen LogP contribution in [0.3, 0.4) is 0 Å². The summed E-state index contributed by atoms with van der Waals surface area (Å²) in [5, 5.41) is 13.3. The van der Waals surface area contributed by atoms with Gasteiger partial charge in [-0.05, 0) is 33.1 Å². The van der Waals surface area contributed by atoms with Crippen molar-refractivity contribution in [2.45, 2.75) is 50.8 Å². The minimum absolute atomic E-state index is 0.510. The summed E-state index contributed by atoms with van der Waals surface area (Å²) in [5.41, 5.74) is -0.510. The van der Waals surface area contributed by atoms with Gasteiger partial charge in [0.25, 0.3) is 0 Å². The maximum atomic E-state index is 9.65. The van der Waals surface area contributed by atoms with E-state index in [1.165, 1.54) is 25.9 Å². The van der Waals surface area contributed by atoms with Gasteiger partial charge in [0.1, 0.15) is 0 Å². The summed E-state index contributed by atoms with van der Waals surface area (Å²) in [6.07, 6.45) is 3.56. The monoisotopic (exact) mass is 198 g/mol. The van der Waals surface area contributed by atoms with Crippen molar-refractivity contribution in [3.8, 4) is 0 Å². The van der Waals surface area contributed by atoms with Gasteiger partial charge in [-0.15, -0.1) is 0 Å². The van der Waals surface area contributed by atoms with Crippen molar-refractivity contribution in [3.63, 3.8) is 0 Å². The van der Waals surface area contributed by atoms with Crippen LogP contribution < -0.4 is 5.32 Å². The summed E-state index contributed by atoms with van der Waals surface area (Å²) in [7, 11) is 0. The number of rotatable bonds is 3. The van der Waals surface area contributed by atoms with Gasteiger partial charge in [-0.3, -0.25) is 0 Å². The third kappa shape index (κ3) is 2.69. The van der Waals surface area contributed by atoms with Gasteiger partial charge >= 0.3 is 0 Å². The molecule has 0 saturated carbocycles. The molecule has 2 saturated heterocycles. The summed E-state index contributed by atoms with van der Waals surface area (Å²) in [6.45, 7) is 7.17. The molecule has 2 unspecified atom stereocenters. The van der Waals surface area contributed by atoms with E-state index < -0.39 is 5.60 Å². The maximum Gasteiger partial charge on any atom is 0.0603 e. The lowest BCUT2D eigenvalue weighted by Crippen LogP contribution is -2.51. The number of hydrogen-bond donors (Lipinski definition) is 2. The van der Waals surface area contributed by atoms with Gasteiger partial charge in [0.15, 0.2) is 0 Å². The Morgan fingerprint density at radius 2 is 1.86 bits per heavy atom. The standard InChI is InChI=1S/C11H22N2O/c1-11(2,14)5-6-13-7-9-3-4-10(8-13)12-9/h9-10,12,14H,3-8H2,1-2H3.